The molecule has 0 radical (unpaired) electrons. The minimum atomic E-state index is -0.0951. The first-order chi connectivity index (χ1) is 12.5. The zero-order valence-corrected chi connectivity index (χ0v) is 16.9. The van der Waals surface area contributed by atoms with E-state index in [0.717, 1.165) is 43.4 Å². The van der Waals surface area contributed by atoms with Gasteiger partial charge in [0.15, 0.2) is 0 Å². The van der Waals surface area contributed by atoms with Crippen LogP contribution in [0.1, 0.15) is 32.6 Å². The van der Waals surface area contributed by atoms with Crippen LogP contribution in [0, 0.1) is 11.8 Å². The molecule has 1 N–H and O–H groups in total. The lowest BCUT2D eigenvalue weighted by molar-refractivity contribution is -0.135. The normalized spacial score (nSPS) is 24.3. The summed E-state index contributed by atoms with van der Waals surface area (Å²) in [6, 6.07) is 3.64. The van der Waals surface area contributed by atoms with Gasteiger partial charge < -0.3 is 10.2 Å². The van der Waals surface area contributed by atoms with Crippen molar-refractivity contribution < 1.29 is 9.59 Å². The fourth-order valence-electron chi connectivity index (χ4n) is 3.80. The molecule has 2 amide bonds. The van der Waals surface area contributed by atoms with Gasteiger partial charge in [0.05, 0.1) is 12.5 Å². The molecule has 0 saturated carbocycles. The van der Waals surface area contributed by atoms with E-state index < -0.39 is 0 Å². The summed E-state index contributed by atoms with van der Waals surface area (Å²) in [6.07, 6.45) is 5.77. The average molecular weight is 423 g/mol. The summed E-state index contributed by atoms with van der Waals surface area (Å²) >= 11 is 3.34. The van der Waals surface area contributed by atoms with Crippen molar-refractivity contribution in [2.45, 2.75) is 32.6 Å². The number of nitrogens with one attached hydrogen (secondary N) is 1. The number of likely N-dealkylation sites (tertiary alicyclic amines) is 2. The lowest BCUT2D eigenvalue weighted by Crippen LogP contribution is -2.48. The molecule has 0 spiro atoms. The number of anilines is 1. The molecule has 3 heterocycles. The summed E-state index contributed by atoms with van der Waals surface area (Å²) in [6.45, 7) is 5.89. The van der Waals surface area contributed by atoms with Crippen molar-refractivity contribution in [3.63, 3.8) is 0 Å². The van der Waals surface area contributed by atoms with Crippen LogP contribution in [0.15, 0.2) is 22.8 Å². The Bertz CT molecular complexity index is 637. The number of amides is 2. The van der Waals surface area contributed by atoms with E-state index in [1.807, 2.05) is 11.0 Å². The third kappa shape index (κ3) is 5.27. The predicted octanol–water partition coefficient (Wildman–Crippen LogP) is 2.75. The number of piperidine rings is 2. The first kappa shape index (κ1) is 19.3. The third-order valence-corrected chi connectivity index (χ3v) is 5.69. The van der Waals surface area contributed by atoms with Crippen LogP contribution in [0.4, 0.5) is 5.82 Å². The molecule has 2 saturated heterocycles. The molecule has 3 rings (SSSR count). The maximum absolute atomic E-state index is 12.6. The Morgan fingerprint density at radius 2 is 2.04 bits per heavy atom. The minimum absolute atomic E-state index is 0.0106. The number of carbonyl (C=O) groups excluding carboxylic acids is 2. The van der Waals surface area contributed by atoms with Crippen molar-refractivity contribution in [1.29, 1.82) is 0 Å². The molecule has 0 aromatic carbocycles. The molecule has 26 heavy (non-hydrogen) atoms. The molecule has 1 aromatic rings. The van der Waals surface area contributed by atoms with Crippen molar-refractivity contribution >= 4 is 33.6 Å². The van der Waals surface area contributed by atoms with Crippen LogP contribution in [0.2, 0.25) is 0 Å². The van der Waals surface area contributed by atoms with Gasteiger partial charge in [-0.25, -0.2) is 4.98 Å². The van der Waals surface area contributed by atoms with Crippen molar-refractivity contribution in [3.8, 4) is 0 Å². The highest BCUT2D eigenvalue weighted by atomic mass is 79.9. The second-order valence-corrected chi connectivity index (χ2v) is 8.43. The summed E-state index contributed by atoms with van der Waals surface area (Å²) in [5, 5.41) is 2.89. The molecule has 2 aliphatic rings. The van der Waals surface area contributed by atoms with E-state index in [2.05, 4.69) is 38.1 Å². The van der Waals surface area contributed by atoms with Crippen LogP contribution < -0.4 is 5.32 Å². The summed E-state index contributed by atoms with van der Waals surface area (Å²) in [5.74, 6) is 1.25. The molecule has 142 valence electrons. The molecule has 2 aliphatic heterocycles. The number of rotatable bonds is 4. The van der Waals surface area contributed by atoms with Gasteiger partial charge in [-0.3, -0.25) is 14.5 Å². The fourth-order valence-corrected chi connectivity index (χ4v) is 4.03. The second-order valence-electron chi connectivity index (χ2n) is 7.51. The Morgan fingerprint density at radius 1 is 1.23 bits per heavy atom. The maximum Gasteiger partial charge on any atom is 0.236 e. The standard InChI is InChI=1S/C19H27BrN4O2/c1-14-4-2-9-24(11-14)18(25)13-23-8-3-5-15(12-23)19(26)22-17-7-6-16(20)10-21-17/h6-7,10,14-15H,2-5,8-9,11-13H2,1H3,(H,21,22,26). The summed E-state index contributed by atoms with van der Waals surface area (Å²) < 4.78 is 0.880. The van der Waals surface area contributed by atoms with Crippen LogP contribution in [0.5, 0.6) is 0 Å². The quantitative estimate of drug-likeness (QED) is 0.809. The van der Waals surface area contributed by atoms with Gasteiger partial charge in [0.25, 0.3) is 0 Å². The van der Waals surface area contributed by atoms with Crippen LogP contribution in [-0.4, -0.2) is 59.3 Å². The first-order valence-corrected chi connectivity index (χ1v) is 10.2. The Labute approximate surface area is 163 Å². The molecule has 2 fully saturated rings. The van der Waals surface area contributed by atoms with Crippen LogP contribution in [0.25, 0.3) is 0 Å². The lowest BCUT2D eigenvalue weighted by Gasteiger charge is -2.35. The van der Waals surface area contributed by atoms with Gasteiger partial charge in [0, 0.05) is 30.3 Å². The molecular weight excluding hydrogens is 396 g/mol. The van der Waals surface area contributed by atoms with Gasteiger partial charge in [0.2, 0.25) is 11.8 Å². The maximum atomic E-state index is 12.6. The predicted molar refractivity (Wildman–Crippen MR) is 105 cm³/mol. The number of halogens is 1. The molecule has 7 heteroatoms. The monoisotopic (exact) mass is 422 g/mol. The third-order valence-electron chi connectivity index (χ3n) is 5.22. The largest absolute Gasteiger partial charge is 0.341 e. The molecular formula is C19H27BrN4O2. The van der Waals surface area contributed by atoms with Crippen LogP contribution >= 0.6 is 15.9 Å². The first-order valence-electron chi connectivity index (χ1n) is 9.44. The van der Waals surface area contributed by atoms with E-state index in [1.165, 1.54) is 6.42 Å². The lowest BCUT2D eigenvalue weighted by atomic mass is 9.96. The van der Waals surface area contributed by atoms with E-state index in [0.29, 0.717) is 24.8 Å². The van der Waals surface area contributed by atoms with Gasteiger partial charge in [-0.05, 0) is 66.2 Å². The Hall–Kier alpha value is -1.47. The number of hydrogen-bond acceptors (Lipinski definition) is 4. The number of nitrogens with zero attached hydrogens (tertiary/aromatic N) is 3. The Balaban J connectivity index is 1.51. The fraction of sp³-hybridized carbons (Fsp3) is 0.632. The van der Waals surface area contributed by atoms with Crippen molar-refractivity contribution in [2.24, 2.45) is 11.8 Å². The van der Waals surface area contributed by atoms with Crippen LogP contribution in [-0.2, 0) is 9.59 Å². The van der Waals surface area contributed by atoms with Gasteiger partial charge in [-0.15, -0.1) is 0 Å². The SMILES string of the molecule is CC1CCCN(C(=O)CN2CCCC(C(=O)Nc3ccc(Br)cn3)C2)C1. The molecule has 6 nitrogen and oxygen atoms in total. The van der Waals surface area contributed by atoms with Gasteiger partial charge in [0.1, 0.15) is 5.82 Å². The molecule has 0 aliphatic carbocycles. The van der Waals surface area contributed by atoms with Crippen molar-refractivity contribution in [2.75, 3.05) is 38.0 Å². The van der Waals surface area contributed by atoms with E-state index in [9.17, 15) is 9.59 Å². The zero-order valence-electron chi connectivity index (χ0n) is 15.3. The number of hydrogen-bond donors (Lipinski definition) is 1. The van der Waals surface area contributed by atoms with Gasteiger partial charge in [-0.1, -0.05) is 6.92 Å². The highest BCUT2D eigenvalue weighted by molar-refractivity contribution is 9.10. The summed E-state index contributed by atoms with van der Waals surface area (Å²) in [5.41, 5.74) is 0. The summed E-state index contributed by atoms with van der Waals surface area (Å²) in [4.78, 5) is 33.4. The van der Waals surface area contributed by atoms with Gasteiger partial charge >= 0.3 is 0 Å². The number of aromatic nitrogens is 1. The smallest absolute Gasteiger partial charge is 0.236 e. The van der Waals surface area contributed by atoms with Gasteiger partial charge in [-0.2, -0.15) is 0 Å². The molecule has 1 aromatic heterocycles. The van der Waals surface area contributed by atoms with E-state index in [-0.39, 0.29) is 17.7 Å². The number of pyridine rings is 1. The second kappa shape index (κ2) is 8.95. The van der Waals surface area contributed by atoms with E-state index >= 15 is 0 Å². The minimum Gasteiger partial charge on any atom is -0.341 e. The topological polar surface area (TPSA) is 65.5 Å². The van der Waals surface area contributed by atoms with Crippen LogP contribution in [0.3, 0.4) is 0 Å². The molecule has 2 atom stereocenters. The Kier molecular flexibility index (Phi) is 6.64. The Morgan fingerprint density at radius 3 is 2.77 bits per heavy atom. The van der Waals surface area contributed by atoms with Crippen molar-refractivity contribution in [3.05, 3.63) is 22.8 Å². The highest BCUT2D eigenvalue weighted by Crippen LogP contribution is 2.20. The van der Waals surface area contributed by atoms with Crippen molar-refractivity contribution in [1.82, 2.24) is 14.8 Å². The van der Waals surface area contributed by atoms with E-state index in [1.54, 1.807) is 12.3 Å². The molecule has 0 bridgehead atoms. The zero-order chi connectivity index (χ0) is 18.5. The highest BCUT2D eigenvalue weighted by Gasteiger charge is 2.29. The molecule has 2 unspecified atom stereocenters. The summed E-state index contributed by atoms with van der Waals surface area (Å²) in [7, 11) is 0. The number of carbonyl (C=O) groups is 2. The average Bonchev–Trinajstić information content (AvgIpc) is 2.64. The van der Waals surface area contributed by atoms with E-state index in [4.69, 9.17) is 0 Å².